The highest BCUT2D eigenvalue weighted by Gasteiger charge is 2.14. The number of carbonyl (C=O) groups excluding carboxylic acids is 1. The molecule has 1 rings (SSSR count). The van der Waals surface area contributed by atoms with E-state index in [2.05, 4.69) is 26.0 Å². The zero-order chi connectivity index (χ0) is 12.8. The van der Waals surface area contributed by atoms with Gasteiger partial charge in [-0.3, -0.25) is 4.79 Å². The number of ether oxygens (including phenoxy) is 1. The molecule has 0 aliphatic heterocycles. The predicted octanol–water partition coefficient (Wildman–Crippen LogP) is 2.51. The maximum atomic E-state index is 12.9. The molecular formula is C11H12BrClFNO2. The fraction of sp³-hybridized carbons (Fsp3) is 0.364. The lowest BCUT2D eigenvalue weighted by atomic mass is 10.2. The molecular weight excluding hydrogens is 312 g/mol. The highest BCUT2D eigenvalue weighted by molar-refractivity contribution is 9.10. The van der Waals surface area contributed by atoms with E-state index in [1.807, 2.05) is 0 Å². The summed E-state index contributed by atoms with van der Waals surface area (Å²) in [7, 11) is 1.32. The minimum Gasteiger partial charge on any atom is -0.468 e. The zero-order valence-electron chi connectivity index (χ0n) is 9.17. The normalized spacial score (nSPS) is 12.2. The summed E-state index contributed by atoms with van der Waals surface area (Å²) in [6.45, 7) is 0.759. The number of methoxy groups -OCH3 is 1. The van der Waals surface area contributed by atoms with Gasteiger partial charge in [-0.2, -0.15) is 0 Å². The van der Waals surface area contributed by atoms with Crippen molar-refractivity contribution in [2.45, 2.75) is 11.4 Å². The molecule has 0 spiro atoms. The molecule has 0 aromatic heterocycles. The highest BCUT2D eigenvalue weighted by Crippen LogP contribution is 2.16. The van der Waals surface area contributed by atoms with Gasteiger partial charge >= 0.3 is 5.97 Å². The van der Waals surface area contributed by atoms with Crippen LogP contribution in [0.15, 0.2) is 18.2 Å². The van der Waals surface area contributed by atoms with Crippen molar-refractivity contribution in [3.05, 3.63) is 34.6 Å². The number of nitrogens with one attached hydrogen (secondary N) is 1. The largest absolute Gasteiger partial charge is 0.468 e. The molecule has 0 aliphatic carbocycles. The Kier molecular flexibility index (Phi) is 5.88. The second-order valence-electron chi connectivity index (χ2n) is 3.36. The van der Waals surface area contributed by atoms with Crippen molar-refractivity contribution in [3.8, 4) is 0 Å². The fourth-order valence-corrected chi connectivity index (χ4v) is 1.82. The predicted molar refractivity (Wildman–Crippen MR) is 67.8 cm³/mol. The molecule has 17 heavy (non-hydrogen) atoms. The van der Waals surface area contributed by atoms with Crippen LogP contribution >= 0.6 is 27.5 Å². The van der Waals surface area contributed by atoms with Crippen molar-refractivity contribution in [3.63, 3.8) is 0 Å². The molecule has 0 fully saturated rings. The third kappa shape index (κ3) is 4.61. The van der Waals surface area contributed by atoms with E-state index in [1.54, 1.807) is 0 Å². The number of hydrogen-bond donors (Lipinski definition) is 1. The van der Waals surface area contributed by atoms with E-state index >= 15 is 0 Å². The van der Waals surface area contributed by atoms with Crippen molar-refractivity contribution in [2.24, 2.45) is 0 Å². The molecule has 94 valence electrons. The second kappa shape index (κ2) is 6.93. The summed E-state index contributed by atoms with van der Waals surface area (Å²) in [4.78, 5) is 10.6. The Hall–Kier alpha value is -0.650. The molecule has 0 saturated carbocycles. The number of esters is 1. The van der Waals surface area contributed by atoms with Gasteiger partial charge in [0, 0.05) is 18.1 Å². The third-order valence-corrected chi connectivity index (χ3v) is 3.17. The van der Waals surface area contributed by atoms with E-state index in [0.29, 0.717) is 23.7 Å². The number of halogens is 3. The molecule has 1 unspecified atom stereocenters. The first-order chi connectivity index (χ1) is 8.04. The van der Waals surface area contributed by atoms with Gasteiger partial charge in [-0.05, 0) is 23.8 Å². The quantitative estimate of drug-likeness (QED) is 0.668. The molecule has 0 saturated heterocycles. The van der Waals surface area contributed by atoms with Crippen LogP contribution in [0.3, 0.4) is 0 Å². The van der Waals surface area contributed by atoms with Crippen LogP contribution in [0.4, 0.5) is 4.39 Å². The molecule has 3 nitrogen and oxygen atoms in total. The van der Waals surface area contributed by atoms with Crippen LogP contribution in [0, 0.1) is 5.82 Å². The van der Waals surface area contributed by atoms with Crippen LogP contribution in [0.2, 0.25) is 5.02 Å². The van der Waals surface area contributed by atoms with Gasteiger partial charge in [0.2, 0.25) is 0 Å². The van der Waals surface area contributed by atoms with Crippen molar-refractivity contribution in [2.75, 3.05) is 13.7 Å². The van der Waals surface area contributed by atoms with Gasteiger partial charge in [-0.1, -0.05) is 27.5 Å². The van der Waals surface area contributed by atoms with Crippen LogP contribution in [0.5, 0.6) is 0 Å². The average molecular weight is 325 g/mol. The van der Waals surface area contributed by atoms with Gasteiger partial charge in [0.15, 0.2) is 0 Å². The topological polar surface area (TPSA) is 38.3 Å². The summed E-state index contributed by atoms with van der Waals surface area (Å²) < 4.78 is 17.5. The Morgan fingerprint density at radius 1 is 1.65 bits per heavy atom. The second-order valence-corrected chi connectivity index (χ2v) is 4.87. The van der Waals surface area contributed by atoms with Crippen molar-refractivity contribution >= 4 is 33.5 Å². The first kappa shape index (κ1) is 14.4. The molecule has 0 radical (unpaired) electrons. The summed E-state index contributed by atoms with van der Waals surface area (Å²) in [5, 5.41) is 3.47. The van der Waals surface area contributed by atoms with Gasteiger partial charge < -0.3 is 10.1 Å². The lowest BCUT2D eigenvalue weighted by molar-refractivity contribution is -0.139. The van der Waals surface area contributed by atoms with E-state index in [9.17, 15) is 9.18 Å². The maximum absolute atomic E-state index is 12.9. The van der Waals surface area contributed by atoms with E-state index in [1.165, 1.54) is 25.3 Å². The lowest BCUT2D eigenvalue weighted by Gasteiger charge is -2.10. The zero-order valence-corrected chi connectivity index (χ0v) is 11.5. The minimum absolute atomic E-state index is 0.338. The molecule has 0 heterocycles. The maximum Gasteiger partial charge on any atom is 0.320 e. The standard InChI is InChI=1S/C11H12BrClFNO2/c1-17-11(16)9(12)6-15-5-7-4-8(14)2-3-10(7)13/h2-4,9,15H,5-6H2,1H3. The minimum atomic E-state index is -0.431. The van der Waals surface area contributed by atoms with E-state index in [4.69, 9.17) is 11.6 Å². The third-order valence-electron chi connectivity index (χ3n) is 2.10. The molecule has 0 amide bonds. The van der Waals surface area contributed by atoms with Crippen LogP contribution in [-0.2, 0) is 16.1 Å². The Morgan fingerprint density at radius 2 is 2.35 bits per heavy atom. The van der Waals surface area contributed by atoms with Crippen LogP contribution in [0.25, 0.3) is 0 Å². The van der Waals surface area contributed by atoms with Crippen molar-refractivity contribution in [1.82, 2.24) is 5.32 Å². The molecule has 6 heteroatoms. The van der Waals surface area contributed by atoms with Gasteiger partial charge in [0.1, 0.15) is 10.6 Å². The van der Waals surface area contributed by atoms with Crippen molar-refractivity contribution < 1.29 is 13.9 Å². The van der Waals surface area contributed by atoms with Crippen LogP contribution < -0.4 is 5.32 Å². The van der Waals surface area contributed by atoms with Crippen LogP contribution in [0.1, 0.15) is 5.56 Å². The van der Waals surface area contributed by atoms with Gasteiger partial charge in [-0.15, -0.1) is 0 Å². The number of rotatable bonds is 5. The summed E-state index contributed by atoms with van der Waals surface area (Å²) in [6.07, 6.45) is 0. The number of alkyl halides is 1. The Labute approximate surface area is 112 Å². The van der Waals surface area contributed by atoms with Crippen molar-refractivity contribution in [1.29, 1.82) is 0 Å². The number of carbonyl (C=O) groups is 1. The first-order valence-corrected chi connectivity index (χ1v) is 6.20. The molecule has 0 bridgehead atoms. The summed E-state index contributed by atoms with van der Waals surface area (Å²) in [6, 6.07) is 4.16. The van der Waals surface area contributed by atoms with Crippen LogP contribution in [-0.4, -0.2) is 24.5 Å². The number of benzene rings is 1. The smallest absolute Gasteiger partial charge is 0.320 e. The van der Waals surface area contributed by atoms with E-state index < -0.39 is 4.83 Å². The Balaban J connectivity index is 2.45. The van der Waals surface area contributed by atoms with Gasteiger partial charge in [-0.25, -0.2) is 4.39 Å². The van der Waals surface area contributed by atoms with E-state index in [0.717, 1.165) is 0 Å². The lowest BCUT2D eigenvalue weighted by Crippen LogP contribution is -2.29. The molecule has 1 aromatic carbocycles. The highest BCUT2D eigenvalue weighted by atomic mass is 79.9. The van der Waals surface area contributed by atoms with Gasteiger partial charge in [0.25, 0.3) is 0 Å². The first-order valence-electron chi connectivity index (χ1n) is 4.91. The fourth-order valence-electron chi connectivity index (χ4n) is 1.22. The SMILES string of the molecule is COC(=O)C(Br)CNCc1cc(F)ccc1Cl. The molecule has 1 aromatic rings. The molecule has 1 atom stereocenters. The average Bonchev–Trinajstić information content (AvgIpc) is 2.32. The molecule has 1 N–H and O–H groups in total. The summed E-state index contributed by atoms with van der Waals surface area (Å²) >= 11 is 9.06. The van der Waals surface area contributed by atoms with Gasteiger partial charge in [0.05, 0.1) is 7.11 Å². The summed E-state index contributed by atoms with van der Waals surface area (Å²) in [5.74, 6) is -0.697. The Bertz CT molecular complexity index is 403. The van der Waals surface area contributed by atoms with E-state index in [-0.39, 0.29) is 11.8 Å². The molecule has 0 aliphatic rings. The number of hydrogen-bond acceptors (Lipinski definition) is 3. The monoisotopic (exact) mass is 323 g/mol. The Morgan fingerprint density at radius 3 is 3.00 bits per heavy atom. The summed E-state index contributed by atoms with van der Waals surface area (Å²) in [5.41, 5.74) is 0.649.